The number of methoxy groups -OCH3 is 1. The fourth-order valence-electron chi connectivity index (χ4n) is 5.01. The highest BCUT2D eigenvalue weighted by Gasteiger charge is 2.39. The van der Waals surface area contributed by atoms with Crippen molar-refractivity contribution < 1.29 is 14.3 Å². The molecule has 1 aromatic heterocycles. The smallest absolute Gasteiger partial charge is 0.317 e. The Balaban J connectivity index is 1.65. The number of pyridine rings is 1. The van der Waals surface area contributed by atoms with E-state index < -0.39 is 0 Å². The lowest BCUT2D eigenvalue weighted by Gasteiger charge is -2.44. The molecule has 0 unspecified atom stereocenters. The van der Waals surface area contributed by atoms with Crippen LogP contribution in [0.2, 0.25) is 0 Å². The van der Waals surface area contributed by atoms with E-state index in [2.05, 4.69) is 44.0 Å². The Hall–Kier alpha value is -2.37. The number of fused-ring (bicyclic) bond motifs is 1. The number of hydrogen-bond acceptors (Lipinski definition) is 6. The summed E-state index contributed by atoms with van der Waals surface area (Å²) in [7, 11) is 1.63. The van der Waals surface area contributed by atoms with Gasteiger partial charge in [-0.3, -0.25) is 0 Å². The molecule has 1 N–H and O–H groups in total. The molecule has 33 heavy (non-hydrogen) atoms. The van der Waals surface area contributed by atoms with Crippen LogP contribution in [0.25, 0.3) is 0 Å². The van der Waals surface area contributed by atoms with Gasteiger partial charge in [-0.05, 0) is 38.2 Å². The number of carbonyl (C=O) groups excluding carboxylic acids is 1. The van der Waals surface area contributed by atoms with Gasteiger partial charge in [-0.1, -0.05) is 13.8 Å². The molecule has 1 saturated heterocycles. The summed E-state index contributed by atoms with van der Waals surface area (Å²) in [4.78, 5) is 22.1. The Morgan fingerprint density at radius 3 is 2.73 bits per heavy atom. The second-order valence-corrected chi connectivity index (χ2v) is 10.4. The van der Waals surface area contributed by atoms with Gasteiger partial charge < -0.3 is 24.6 Å². The van der Waals surface area contributed by atoms with Crippen LogP contribution in [0.15, 0.2) is 0 Å². The van der Waals surface area contributed by atoms with Crippen LogP contribution in [-0.2, 0) is 22.5 Å². The van der Waals surface area contributed by atoms with E-state index in [1.165, 1.54) is 0 Å². The lowest BCUT2D eigenvalue weighted by atomic mass is 9.87. The van der Waals surface area contributed by atoms with Gasteiger partial charge in [0.05, 0.1) is 36.1 Å². The zero-order valence-corrected chi connectivity index (χ0v) is 20.6. The maximum Gasteiger partial charge on any atom is 0.317 e. The minimum Gasteiger partial charge on any atom is -0.383 e. The summed E-state index contributed by atoms with van der Waals surface area (Å²) < 4.78 is 11.2. The maximum absolute atomic E-state index is 12.8. The largest absolute Gasteiger partial charge is 0.383 e. The second kappa shape index (κ2) is 9.47. The van der Waals surface area contributed by atoms with Crippen LogP contribution in [0.3, 0.4) is 0 Å². The number of amides is 2. The van der Waals surface area contributed by atoms with E-state index in [1.807, 2.05) is 4.90 Å². The Morgan fingerprint density at radius 2 is 2.09 bits per heavy atom. The first-order valence-corrected chi connectivity index (χ1v) is 12.1. The summed E-state index contributed by atoms with van der Waals surface area (Å²) in [5.41, 5.74) is 3.76. The van der Waals surface area contributed by atoms with Gasteiger partial charge >= 0.3 is 6.03 Å². The molecule has 3 heterocycles. The molecule has 0 spiro atoms. The molecule has 2 fully saturated rings. The molecular weight excluding hydrogens is 418 g/mol. The monoisotopic (exact) mass is 455 g/mol. The molecule has 180 valence electrons. The minimum absolute atomic E-state index is 0.0369. The lowest BCUT2D eigenvalue weighted by molar-refractivity contribution is -0.0407. The van der Waals surface area contributed by atoms with E-state index in [0.29, 0.717) is 50.9 Å². The number of carbonyl (C=O) groups is 1. The first-order valence-electron chi connectivity index (χ1n) is 12.1. The van der Waals surface area contributed by atoms with E-state index in [4.69, 9.17) is 14.5 Å². The number of nitriles is 1. The van der Waals surface area contributed by atoms with Crippen LogP contribution in [0.5, 0.6) is 0 Å². The van der Waals surface area contributed by atoms with Crippen molar-refractivity contribution in [1.82, 2.24) is 15.2 Å². The van der Waals surface area contributed by atoms with Crippen LogP contribution in [0.4, 0.5) is 10.6 Å². The molecule has 1 aliphatic carbocycles. The van der Waals surface area contributed by atoms with Crippen LogP contribution in [-0.4, -0.2) is 67.5 Å². The summed E-state index contributed by atoms with van der Waals surface area (Å²) in [6, 6.07) is 2.47. The molecule has 2 aliphatic heterocycles. The molecule has 1 aromatic rings. The Kier molecular flexibility index (Phi) is 6.83. The number of rotatable bonds is 6. The predicted octanol–water partition coefficient (Wildman–Crippen LogP) is 3.18. The van der Waals surface area contributed by atoms with E-state index in [0.717, 1.165) is 41.9 Å². The van der Waals surface area contributed by atoms with Gasteiger partial charge in [-0.2, -0.15) is 5.26 Å². The Morgan fingerprint density at radius 1 is 1.33 bits per heavy atom. The molecule has 0 aromatic carbocycles. The number of aromatic nitrogens is 1. The molecule has 8 heteroatoms. The highest BCUT2D eigenvalue weighted by atomic mass is 16.5. The fourth-order valence-corrected chi connectivity index (χ4v) is 5.01. The van der Waals surface area contributed by atoms with Crippen molar-refractivity contribution in [3.05, 3.63) is 22.4 Å². The van der Waals surface area contributed by atoms with Crippen LogP contribution in [0.1, 0.15) is 68.8 Å². The third kappa shape index (κ3) is 4.95. The molecule has 0 radical (unpaired) electrons. The van der Waals surface area contributed by atoms with Crippen LogP contribution in [0, 0.1) is 17.2 Å². The third-order valence-electron chi connectivity index (χ3n) is 7.04. The van der Waals surface area contributed by atoms with Gasteiger partial charge in [0.2, 0.25) is 0 Å². The number of hydrogen-bond donors (Lipinski definition) is 1. The fraction of sp³-hybridized carbons (Fsp3) is 0.720. The SMILES string of the molecule is COCCNC(=O)N1CCN(c2nc(C3CC3)c3c(c2C#N)CC(C)(C)OC3)C[C@H]1C(C)C. The molecule has 2 amide bonds. The van der Waals surface area contributed by atoms with E-state index in [-0.39, 0.29) is 23.6 Å². The van der Waals surface area contributed by atoms with Crippen LogP contribution >= 0.6 is 0 Å². The zero-order chi connectivity index (χ0) is 23.8. The summed E-state index contributed by atoms with van der Waals surface area (Å²) in [5.74, 6) is 1.55. The van der Waals surface area contributed by atoms with Crippen molar-refractivity contribution in [3.8, 4) is 6.07 Å². The topological polar surface area (TPSA) is 90.7 Å². The molecule has 0 bridgehead atoms. The summed E-state index contributed by atoms with van der Waals surface area (Å²) >= 11 is 0. The Labute approximate surface area is 197 Å². The number of anilines is 1. The van der Waals surface area contributed by atoms with Crippen molar-refractivity contribution in [2.75, 3.05) is 44.8 Å². The molecule has 1 atom stereocenters. The number of piperazine rings is 1. The first kappa shape index (κ1) is 23.8. The average Bonchev–Trinajstić information content (AvgIpc) is 3.62. The maximum atomic E-state index is 12.8. The van der Waals surface area contributed by atoms with E-state index in [9.17, 15) is 10.1 Å². The summed E-state index contributed by atoms with van der Waals surface area (Å²) in [6.07, 6.45) is 3.02. The second-order valence-electron chi connectivity index (χ2n) is 10.4. The molecule has 1 saturated carbocycles. The number of nitrogens with one attached hydrogen (secondary N) is 1. The predicted molar refractivity (Wildman–Crippen MR) is 126 cm³/mol. The van der Waals surface area contributed by atoms with Gasteiger partial charge in [0, 0.05) is 51.2 Å². The van der Waals surface area contributed by atoms with E-state index in [1.54, 1.807) is 7.11 Å². The molecule has 3 aliphatic rings. The first-order chi connectivity index (χ1) is 15.8. The minimum atomic E-state index is -0.294. The average molecular weight is 456 g/mol. The van der Waals surface area contributed by atoms with Crippen molar-refractivity contribution in [1.29, 1.82) is 5.26 Å². The Bertz CT molecular complexity index is 935. The van der Waals surface area contributed by atoms with Gasteiger partial charge in [0.15, 0.2) is 0 Å². The number of nitrogens with zero attached hydrogens (tertiary/aromatic N) is 4. The van der Waals surface area contributed by atoms with Gasteiger partial charge in [0.25, 0.3) is 0 Å². The van der Waals surface area contributed by atoms with Crippen molar-refractivity contribution >= 4 is 11.8 Å². The standard InChI is InChI=1S/C25H37N5O3/c1-16(2)21-14-29(9-10-30(21)24(31)27-8-11-32-5)23-19(13-26)18-12-25(3,4)33-15-20(18)22(28-23)17-6-7-17/h16-17,21H,6-12,14-15H2,1-5H3,(H,27,31)/t21-/m0/s1. The van der Waals surface area contributed by atoms with Gasteiger partial charge in [0.1, 0.15) is 11.9 Å². The lowest BCUT2D eigenvalue weighted by Crippen LogP contribution is -2.60. The molecule has 8 nitrogen and oxygen atoms in total. The summed E-state index contributed by atoms with van der Waals surface area (Å²) in [5, 5.41) is 13.2. The van der Waals surface area contributed by atoms with Crippen molar-refractivity contribution in [2.45, 2.75) is 71.1 Å². The zero-order valence-electron chi connectivity index (χ0n) is 20.6. The highest BCUT2D eigenvalue weighted by molar-refractivity contribution is 5.75. The quantitative estimate of drug-likeness (QED) is 0.663. The summed E-state index contributed by atoms with van der Waals surface area (Å²) in [6.45, 7) is 11.9. The van der Waals surface area contributed by atoms with Gasteiger partial charge in [-0.15, -0.1) is 0 Å². The third-order valence-corrected chi connectivity index (χ3v) is 7.04. The van der Waals surface area contributed by atoms with Crippen molar-refractivity contribution in [2.24, 2.45) is 5.92 Å². The van der Waals surface area contributed by atoms with E-state index >= 15 is 0 Å². The van der Waals surface area contributed by atoms with Crippen molar-refractivity contribution in [3.63, 3.8) is 0 Å². The molecular formula is C25H37N5O3. The number of ether oxygens (including phenoxy) is 2. The number of urea groups is 1. The molecule has 4 rings (SSSR count). The highest BCUT2D eigenvalue weighted by Crippen LogP contribution is 2.45. The van der Waals surface area contributed by atoms with Crippen LogP contribution < -0.4 is 10.2 Å². The normalized spacial score (nSPS) is 22.2. The van der Waals surface area contributed by atoms with Gasteiger partial charge in [-0.25, -0.2) is 9.78 Å².